The summed E-state index contributed by atoms with van der Waals surface area (Å²) >= 11 is 7.58. The number of benzene rings is 1. The number of pyridine rings is 1. The van der Waals surface area contributed by atoms with Crippen LogP contribution in [-0.4, -0.2) is 17.8 Å². The summed E-state index contributed by atoms with van der Waals surface area (Å²) in [5.74, 6) is 0.938. The number of rotatable bonds is 5. The molecule has 2 aromatic rings. The molecule has 0 radical (unpaired) electrons. The summed E-state index contributed by atoms with van der Waals surface area (Å²) in [5.41, 5.74) is 3.98. The predicted molar refractivity (Wildman–Crippen MR) is 87.7 cm³/mol. The van der Waals surface area contributed by atoms with Crippen LogP contribution < -0.4 is 5.32 Å². The van der Waals surface area contributed by atoms with E-state index in [9.17, 15) is 0 Å². The van der Waals surface area contributed by atoms with Crippen LogP contribution in [0.4, 0.5) is 0 Å². The van der Waals surface area contributed by atoms with Crippen molar-refractivity contribution in [2.24, 2.45) is 0 Å². The van der Waals surface area contributed by atoms with Crippen molar-refractivity contribution in [2.45, 2.75) is 24.9 Å². The maximum atomic E-state index is 5.85. The lowest BCUT2D eigenvalue weighted by atomic mass is 10.0. The van der Waals surface area contributed by atoms with Crippen LogP contribution in [0, 0.1) is 13.8 Å². The van der Waals surface area contributed by atoms with Gasteiger partial charge in [-0.1, -0.05) is 29.8 Å². The first-order valence-electron chi connectivity index (χ1n) is 6.59. The second kappa shape index (κ2) is 7.11. The molecule has 1 aromatic heterocycles. The van der Waals surface area contributed by atoms with Gasteiger partial charge >= 0.3 is 0 Å². The SMILES string of the molecule is CNC(CSc1ccc(Cl)cn1)c1ccc(C)c(C)c1. The number of thioether (sulfide) groups is 1. The fraction of sp³-hybridized carbons (Fsp3) is 0.312. The standard InChI is InChI=1S/C16H19ClN2S/c1-11-4-5-13(8-12(11)2)15(18-3)10-20-16-7-6-14(17)9-19-16/h4-9,15,18H,10H2,1-3H3. The highest BCUT2D eigenvalue weighted by molar-refractivity contribution is 7.99. The number of aryl methyl sites for hydroxylation is 2. The predicted octanol–water partition coefficient (Wildman–Crippen LogP) is 4.40. The molecular formula is C16H19ClN2S. The van der Waals surface area contributed by atoms with Crippen LogP contribution in [0.5, 0.6) is 0 Å². The molecule has 0 aliphatic heterocycles. The summed E-state index contributed by atoms with van der Waals surface area (Å²) in [4.78, 5) is 4.31. The van der Waals surface area contributed by atoms with E-state index in [2.05, 4.69) is 42.3 Å². The molecule has 2 rings (SSSR count). The van der Waals surface area contributed by atoms with Gasteiger partial charge in [0.15, 0.2) is 0 Å². The van der Waals surface area contributed by atoms with E-state index >= 15 is 0 Å². The van der Waals surface area contributed by atoms with E-state index in [1.165, 1.54) is 16.7 Å². The number of hydrogen-bond donors (Lipinski definition) is 1. The molecule has 20 heavy (non-hydrogen) atoms. The van der Waals surface area contributed by atoms with E-state index in [0.29, 0.717) is 11.1 Å². The lowest BCUT2D eigenvalue weighted by Gasteiger charge is -2.17. The minimum absolute atomic E-state index is 0.316. The highest BCUT2D eigenvalue weighted by atomic mass is 35.5. The molecule has 0 aliphatic carbocycles. The summed E-state index contributed by atoms with van der Waals surface area (Å²) in [6.45, 7) is 4.29. The molecule has 0 fully saturated rings. The van der Waals surface area contributed by atoms with Crippen molar-refractivity contribution in [2.75, 3.05) is 12.8 Å². The Labute approximate surface area is 130 Å². The zero-order chi connectivity index (χ0) is 14.5. The number of aromatic nitrogens is 1. The van der Waals surface area contributed by atoms with E-state index in [0.717, 1.165) is 10.8 Å². The lowest BCUT2D eigenvalue weighted by molar-refractivity contribution is 0.660. The third-order valence-electron chi connectivity index (χ3n) is 3.38. The van der Waals surface area contributed by atoms with E-state index in [1.54, 1.807) is 18.0 Å². The molecule has 1 unspecified atom stereocenters. The number of nitrogens with zero attached hydrogens (tertiary/aromatic N) is 1. The first-order chi connectivity index (χ1) is 9.60. The molecule has 1 aromatic carbocycles. The Hall–Kier alpha value is -1.03. The van der Waals surface area contributed by atoms with Crippen molar-refractivity contribution >= 4 is 23.4 Å². The minimum Gasteiger partial charge on any atom is -0.312 e. The Balaban J connectivity index is 2.05. The molecule has 0 aliphatic rings. The van der Waals surface area contributed by atoms with Crippen LogP contribution >= 0.6 is 23.4 Å². The highest BCUT2D eigenvalue weighted by Gasteiger charge is 2.11. The van der Waals surface area contributed by atoms with Gasteiger partial charge in [0, 0.05) is 18.0 Å². The molecule has 0 saturated carbocycles. The zero-order valence-electron chi connectivity index (χ0n) is 12.0. The topological polar surface area (TPSA) is 24.9 Å². The van der Waals surface area contributed by atoms with Gasteiger partial charge in [0.2, 0.25) is 0 Å². The highest BCUT2D eigenvalue weighted by Crippen LogP contribution is 2.25. The van der Waals surface area contributed by atoms with Crippen LogP contribution in [0.15, 0.2) is 41.6 Å². The van der Waals surface area contributed by atoms with Gasteiger partial charge in [-0.25, -0.2) is 4.98 Å². The normalized spacial score (nSPS) is 12.4. The van der Waals surface area contributed by atoms with Gasteiger partial charge in [0.1, 0.15) is 0 Å². The monoisotopic (exact) mass is 306 g/mol. The Morgan fingerprint density at radius 3 is 2.60 bits per heavy atom. The lowest BCUT2D eigenvalue weighted by Crippen LogP contribution is -2.19. The smallest absolute Gasteiger partial charge is 0.0961 e. The van der Waals surface area contributed by atoms with Crippen LogP contribution in [-0.2, 0) is 0 Å². The van der Waals surface area contributed by atoms with Crippen molar-refractivity contribution in [1.29, 1.82) is 0 Å². The summed E-state index contributed by atoms with van der Waals surface area (Å²) in [6.07, 6.45) is 1.69. The Morgan fingerprint density at radius 1 is 1.20 bits per heavy atom. The first kappa shape index (κ1) is 15.4. The van der Waals surface area contributed by atoms with Gasteiger partial charge in [0.05, 0.1) is 10.0 Å². The molecular weight excluding hydrogens is 288 g/mol. The molecule has 4 heteroatoms. The van der Waals surface area contributed by atoms with Crippen LogP contribution in [0.1, 0.15) is 22.7 Å². The third kappa shape index (κ3) is 3.98. The second-order valence-corrected chi connectivity index (χ2v) is 6.29. The maximum Gasteiger partial charge on any atom is 0.0961 e. The molecule has 2 nitrogen and oxygen atoms in total. The van der Waals surface area contributed by atoms with Crippen molar-refractivity contribution in [3.05, 3.63) is 58.2 Å². The molecule has 0 bridgehead atoms. The van der Waals surface area contributed by atoms with Gasteiger partial charge < -0.3 is 5.32 Å². The van der Waals surface area contributed by atoms with Gasteiger partial charge in [-0.15, -0.1) is 11.8 Å². The van der Waals surface area contributed by atoms with Crippen molar-refractivity contribution in [1.82, 2.24) is 10.3 Å². The van der Waals surface area contributed by atoms with Gasteiger partial charge in [-0.05, 0) is 49.7 Å². The fourth-order valence-electron chi connectivity index (χ4n) is 1.94. The number of nitrogens with one attached hydrogen (secondary N) is 1. The van der Waals surface area contributed by atoms with E-state index in [4.69, 9.17) is 11.6 Å². The first-order valence-corrected chi connectivity index (χ1v) is 7.95. The van der Waals surface area contributed by atoms with Crippen LogP contribution in [0.25, 0.3) is 0 Å². The second-order valence-electron chi connectivity index (χ2n) is 4.81. The molecule has 0 spiro atoms. The van der Waals surface area contributed by atoms with Gasteiger partial charge in [0.25, 0.3) is 0 Å². The average Bonchev–Trinajstić information content (AvgIpc) is 2.45. The number of hydrogen-bond acceptors (Lipinski definition) is 3. The molecule has 0 saturated heterocycles. The summed E-state index contributed by atoms with van der Waals surface area (Å²) in [7, 11) is 2.00. The van der Waals surface area contributed by atoms with Gasteiger partial charge in [-0.3, -0.25) is 0 Å². The summed E-state index contributed by atoms with van der Waals surface area (Å²) in [5, 5.41) is 5.05. The van der Waals surface area contributed by atoms with Crippen LogP contribution in [0.2, 0.25) is 5.02 Å². The largest absolute Gasteiger partial charge is 0.312 e. The third-order valence-corrected chi connectivity index (χ3v) is 4.64. The maximum absolute atomic E-state index is 5.85. The number of halogens is 1. The Kier molecular flexibility index (Phi) is 5.46. The minimum atomic E-state index is 0.316. The van der Waals surface area contributed by atoms with E-state index in [1.807, 2.05) is 19.2 Å². The molecule has 1 N–H and O–H groups in total. The molecule has 0 amide bonds. The zero-order valence-corrected chi connectivity index (χ0v) is 13.6. The van der Waals surface area contributed by atoms with E-state index in [-0.39, 0.29) is 0 Å². The molecule has 106 valence electrons. The van der Waals surface area contributed by atoms with Crippen molar-refractivity contribution in [3.63, 3.8) is 0 Å². The summed E-state index contributed by atoms with van der Waals surface area (Å²) in [6, 6.07) is 10.8. The fourth-order valence-corrected chi connectivity index (χ4v) is 3.04. The van der Waals surface area contributed by atoms with Crippen molar-refractivity contribution in [3.8, 4) is 0 Å². The van der Waals surface area contributed by atoms with E-state index < -0.39 is 0 Å². The average molecular weight is 307 g/mol. The Morgan fingerprint density at radius 2 is 2.00 bits per heavy atom. The van der Waals surface area contributed by atoms with Crippen molar-refractivity contribution < 1.29 is 0 Å². The molecule has 1 atom stereocenters. The van der Waals surface area contributed by atoms with Crippen LogP contribution in [0.3, 0.4) is 0 Å². The Bertz CT molecular complexity index is 569. The quantitative estimate of drug-likeness (QED) is 0.829. The van der Waals surface area contributed by atoms with Gasteiger partial charge in [-0.2, -0.15) is 0 Å². The summed E-state index contributed by atoms with van der Waals surface area (Å²) < 4.78 is 0. The molecule has 1 heterocycles.